The van der Waals surface area contributed by atoms with Crippen LogP contribution in [0.25, 0.3) is 0 Å². The molecule has 1 heterocycles. The SMILES string of the molecule is Cc1nn(C)c(Cl)c1CC(=O)NCC1CCCC(O)C1. The molecule has 5 nitrogen and oxygen atoms in total. The van der Waals surface area contributed by atoms with Crippen molar-refractivity contribution < 1.29 is 9.90 Å². The molecule has 1 aliphatic carbocycles. The number of halogens is 1. The Morgan fingerprint density at radius 3 is 2.90 bits per heavy atom. The summed E-state index contributed by atoms with van der Waals surface area (Å²) in [7, 11) is 1.76. The second-order valence-electron chi connectivity index (χ2n) is 5.65. The summed E-state index contributed by atoms with van der Waals surface area (Å²) in [5, 5.41) is 17.3. The first-order valence-corrected chi connectivity index (χ1v) is 7.48. The highest BCUT2D eigenvalue weighted by Gasteiger charge is 2.21. The second kappa shape index (κ2) is 6.59. The Kier molecular flexibility index (Phi) is 5.05. The average Bonchev–Trinajstić information content (AvgIpc) is 2.63. The number of aliphatic hydroxyl groups excluding tert-OH is 1. The maximum Gasteiger partial charge on any atom is 0.224 e. The van der Waals surface area contributed by atoms with Crippen LogP contribution in [0.2, 0.25) is 5.15 Å². The fourth-order valence-electron chi connectivity index (χ4n) is 2.80. The molecule has 1 aromatic heterocycles. The third-order valence-corrected chi connectivity index (χ3v) is 4.42. The zero-order valence-electron chi connectivity index (χ0n) is 12.0. The maximum atomic E-state index is 12.0. The van der Waals surface area contributed by atoms with Gasteiger partial charge in [0.25, 0.3) is 0 Å². The summed E-state index contributed by atoms with van der Waals surface area (Å²) in [6.45, 7) is 2.48. The van der Waals surface area contributed by atoms with Gasteiger partial charge in [-0.25, -0.2) is 0 Å². The summed E-state index contributed by atoms with van der Waals surface area (Å²) < 4.78 is 1.58. The predicted octanol–water partition coefficient (Wildman–Crippen LogP) is 1.59. The number of aliphatic hydroxyl groups is 1. The summed E-state index contributed by atoms with van der Waals surface area (Å²) in [6.07, 6.45) is 3.83. The fourth-order valence-corrected chi connectivity index (χ4v) is 3.05. The van der Waals surface area contributed by atoms with Gasteiger partial charge in [0.1, 0.15) is 5.15 Å². The highest BCUT2D eigenvalue weighted by Crippen LogP contribution is 2.23. The monoisotopic (exact) mass is 299 g/mol. The quantitative estimate of drug-likeness (QED) is 0.887. The molecule has 1 saturated carbocycles. The number of nitrogens with one attached hydrogen (secondary N) is 1. The van der Waals surface area contributed by atoms with Crippen molar-refractivity contribution in [2.24, 2.45) is 13.0 Å². The van der Waals surface area contributed by atoms with Crippen LogP contribution in [-0.4, -0.2) is 33.4 Å². The van der Waals surface area contributed by atoms with E-state index >= 15 is 0 Å². The highest BCUT2D eigenvalue weighted by molar-refractivity contribution is 6.30. The molecule has 0 spiro atoms. The van der Waals surface area contributed by atoms with Gasteiger partial charge in [-0.2, -0.15) is 5.10 Å². The van der Waals surface area contributed by atoms with Gasteiger partial charge >= 0.3 is 0 Å². The van der Waals surface area contributed by atoms with Crippen LogP contribution in [0.4, 0.5) is 0 Å². The molecule has 0 saturated heterocycles. The molecular formula is C14H22ClN3O2. The molecule has 0 bridgehead atoms. The molecule has 2 N–H and O–H groups in total. The summed E-state index contributed by atoms with van der Waals surface area (Å²) in [4.78, 5) is 12.0. The minimum Gasteiger partial charge on any atom is -0.393 e. The van der Waals surface area contributed by atoms with E-state index in [1.165, 1.54) is 0 Å². The van der Waals surface area contributed by atoms with E-state index in [2.05, 4.69) is 10.4 Å². The van der Waals surface area contributed by atoms with Crippen molar-refractivity contribution >= 4 is 17.5 Å². The molecule has 2 rings (SSSR count). The first kappa shape index (κ1) is 15.3. The van der Waals surface area contributed by atoms with Gasteiger partial charge in [0, 0.05) is 19.2 Å². The highest BCUT2D eigenvalue weighted by atomic mass is 35.5. The number of rotatable bonds is 4. The number of carbonyl (C=O) groups excluding carboxylic acids is 1. The zero-order chi connectivity index (χ0) is 14.7. The van der Waals surface area contributed by atoms with E-state index < -0.39 is 0 Å². The number of amides is 1. The molecule has 6 heteroatoms. The van der Waals surface area contributed by atoms with E-state index in [4.69, 9.17) is 11.6 Å². The third kappa shape index (κ3) is 3.73. The van der Waals surface area contributed by atoms with E-state index in [1.807, 2.05) is 6.92 Å². The molecule has 1 fully saturated rings. The Morgan fingerprint density at radius 2 is 2.30 bits per heavy atom. The van der Waals surface area contributed by atoms with Crippen molar-refractivity contribution in [1.29, 1.82) is 0 Å². The van der Waals surface area contributed by atoms with Crippen LogP contribution >= 0.6 is 11.6 Å². The normalized spacial score (nSPS) is 22.8. The molecule has 20 heavy (non-hydrogen) atoms. The van der Waals surface area contributed by atoms with Crippen LogP contribution < -0.4 is 5.32 Å². The summed E-state index contributed by atoms with van der Waals surface area (Å²) in [5.74, 6) is 0.344. The Bertz CT molecular complexity index is 487. The van der Waals surface area contributed by atoms with E-state index in [9.17, 15) is 9.90 Å². The van der Waals surface area contributed by atoms with Crippen LogP contribution in [0.1, 0.15) is 36.9 Å². The van der Waals surface area contributed by atoms with Crippen LogP contribution in [-0.2, 0) is 18.3 Å². The Morgan fingerprint density at radius 1 is 1.55 bits per heavy atom. The zero-order valence-corrected chi connectivity index (χ0v) is 12.8. The molecule has 1 amide bonds. The van der Waals surface area contributed by atoms with Crippen LogP contribution in [0.3, 0.4) is 0 Å². The van der Waals surface area contributed by atoms with Crippen LogP contribution in [0.15, 0.2) is 0 Å². The summed E-state index contributed by atoms with van der Waals surface area (Å²) in [5.41, 5.74) is 1.58. The van der Waals surface area contributed by atoms with Gasteiger partial charge in [-0.1, -0.05) is 18.0 Å². The number of aromatic nitrogens is 2. The Balaban J connectivity index is 1.83. The number of carbonyl (C=O) groups is 1. The van der Waals surface area contributed by atoms with Crippen molar-refractivity contribution in [3.8, 4) is 0 Å². The lowest BCUT2D eigenvalue weighted by molar-refractivity contribution is -0.120. The van der Waals surface area contributed by atoms with Gasteiger partial charge in [0.05, 0.1) is 18.2 Å². The van der Waals surface area contributed by atoms with E-state index in [0.29, 0.717) is 17.6 Å². The van der Waals surface area contributed by atoms with Crippen molar-refractivity contribution in [3.05, 3.63) is 16.4 Å². The lowest BCUT2D eigenvalue weighted by atomic mass is 9.87. The maximum absolute atomic E-state index is 12.0. The number of nitrogens with zero attached hydrogens (tertiary/aromatic N) is 2. The first-order chi connectivity index (χ1) is 9.47. The fraction of sp³-hybridized carbons (Fsp3) is 0.714. The van der Waals surface area contributed by atoms with Crippen LogP contribution in [0.5, 0.6) is 0 Å². The van der Waals surface area contributed by atoms with Gasteiger partial charge in [-0.3, -0.25) is 9.48 Å². The smallest absolute Gasteiger partial charge is 0.224 e. The topological polar surface area (TPSA) is 67.2 Å². The Hall–Kier alpha value is -1.07. The standard InChI is InChI=1S/C14H22ClN3O2/c1-9-12(14(15)18(2)17-9)7-13(20)16-8-10-4-3-5-11(19)6-10/h10-11,19H,3-8H2,1-2H3,(H,16,20). The number of hydrogen-bond acceptors (Lipinski definition) is 3. The molecule has 1 aromatic rings. The van der Waals surface area contributed by atoms with Gasteiger partial charge in [-0.05, 0) is 32.1 Å². The number of aryl methyl sites for hydroxylation is 2. The van der Waals surface area contributed by atoms with Crippen molar-refractivity contribution in [2.75, 3.05) is 6.54 Å². The van der Waals surface area contributed by atoms with Crippen molar-refractivity contribution in [1.82, 2.24) is 15.1 Å². The van der Waals surface area contributed by atoms with Crippen molar-refractivity contribution in [2.45, 2.75) is 45.1 Å². The molecule has 2 atom stereocenters. The van der Waals surface area contributed by atoms with E-state index in [0.717, 1.165) is 36.9 Å². The third-order valence-electron chi connectivity index (χ3n) is 3.95. The molecule has 0 radical (unpaired) electrons. The lowest BCUT2D eigenvalue weighted by Crippen LogP contribution is -2.33. The van der Waals surface area contributed by atoms with E-state index in [1.54, 1.807) is 11.7 Å². The van der Waals surface area contributed by atoms with Gasteiger partial charge < -0.3 is 10.4 Å². The van der Waals surface area contributed by atoms with Gasteiger partial charge in [-0.15, -0.1) is 0 Å². The average molecular weight is 300 g/mol. The molecule has 112 valence electrons. The largest absolute Gasteiger partial charge is 0.393 e. The van der Waals surface area contributed by atoms with Crippen LogP contribution in [0, 0.1) is 12.8 Å². The first-order valence-electron chi connectivity index (χ1n) is 7.10. The molecular weight excluding hydrogens is 278 g/mol. The molecule has 0 aliphatic heterocycles. The summed E-state index contributed by atoms with van der Waals surface area (Å²) >= 11 is 6.11. The summed E-state index contributed by atoms with van der Waals surface area (Å²) in [6, 6.07) is 0. The minimum absolute atomic E-state index is 0.0388. The minimum atomic E-state index is -0.208. The Labute approximate surface area is 124 Å². The molecule has 0 aromatic carbocycles. The predicted molar refractivity (Wildman–Crippen MR) is 77.6 cm³/mol. The van der Waals surface area contributed by atoms with Gasteiger partial charge in [0.15, 0.2) is 0 Å². The second-order valence-corrected chi connectivity index (χ2v) is 6.00. The lowest BCUT2D eigenvalue weighted by Gasteiger charge is -2.25. The van der Waals surface area contributed by atoms with E-state index in [-0.39, 0.29) is 18.4 Å². The number of hydrogen-bond donors (Lipinski definition) is 2. The van der Waals surface area contributed by atoms with Crippen molar-refractivity contribution in [3.63, 3.8) is 0 Å². The van der Waals surface area contributed by atoms with Gasteiger partial charge in [0.2, 0.25) is 5.91 Å². The molecule has 2 unspecified atom stereocenters. The molecule has 1 aliphatic rings.